The van der Waals surface area contributed by atoms with E-state index in [1.54, 1.807) is 25.2 Å². The Hall–Kier alpha value is -1.99. The van der Waals surface area contributed by atoms with Crippen LogP contribution in [0.25, 0.3) is 0 Å². The first kappa shape index (κ1) is 16.9. The van der Waals surface area contributed by atoms with Gasteiger partial charge in [-0.05, 0) is 18.6 Å². The summed E-state index contributed by atoms with van der Waals surface area (Å²) in [5, 5.41) is 3.23. The number of anilines is 1. The van der Waals surface area contributed by atoms with Gasteiger partial charge in [-0.2, -0.15) is 0 Å². The van der Waals surface area contributed by atoms with Gasteiger partial charge < -0.3 is 19.9 Å². The van der Waals surface area contributed by atoms with E-state index in [9.17, 15) is 14.0 Å². The highest BCUT2D eigenvalue weighted by Crippen LogP contribution is 2.26. The van der Waals surface area contributed by atoms with Crippen molar-refractivity contribution in [1.82, 2.24) is 10.2 Å². The third kappa shape index (κ3) is 3.42. The van der Waals surface area contributed by atoms with Crippen molar-refractivity contribution in [2.45, 2.75) is 24.9 Å². The lowest BCUT2D eigenvalue weighted by molar-refractivity contribution is -0.137. The Morgan fingerprint density at radius 2 is 2.25 bits per heavy atom. The summed E-state index contributed by atoms with van der Waals surface area (Å²) < 4.78 is 19.3. The molecule has 0 aromatic heterocycles. The minimum absolute atomic E-state index is 0.0205. The zero-order valence-electron chi connectivity index (χ0n) is 13.7. The summed E-state index contributed by atoms with van der Waals surface area (Å²) in [5.41, 5.74) is 0.271. The number of halogens is 1. The van der Waals surface area contributed by atoms with Crippen molar-refractivity contribution in [2.75, 3.05) is 38.3 Å². The van der Waals surface area contributed by atoms with Crippen LogP contribution in [0, 0.1) is 5.82 Å². The molecule has 0 aliphatic carbocycles. The average Bonchev–Trinajstić information content (AvgIpc) is 2.97. The average molecular weight is 335 g/mol. The molecule has 2 amide bonds. The van der Waals surface area contributed by atoms with E-state index >= 15 is 0 Å². The Kier molecular flexibility index (Phi) is 5.11. The molecule has 24 heavy (non-hydrogen) atoms. The number of hydrogen-bond acceptors (Lipinski definition) is 4. The van der Waals surface area contributed by atoms with Crippen molar-refractivity contribution in [1.29, 1.82) is 0 Å². The standard InChI is InChI=1S/C17H22FN3O3/c1-20(16(22)10-12-11-24-9-7-19-12)15-6-8-21(17(15)23)14-5-3-2-4-13(14)18/h2-5,12,15,19H,6-11H2,1H3. The van der Waals surface area contributed by atoms with E-state index < -0.39 is 11.9 Å². The number of amides is 2. The number of benzene rings is 1. The molecule has 0 bridgehead atoms. The fraction of sp³-hybridized carbons (Fsp3) is 0.529. The highest BCUT2D eigenvalue weighted by atomic mass is 19.1. The van der Waals surface area contributed by atoms with E-state index in [1.165, 1.54) is 15.9 Å². The first-order valence-electron chi connectivity index (χ1n) is 8.20. The first-order valence-corrected chi connectivity index (χ1v) is 8.20. The van der Waals surface area contributed by atoms with Gasteiger partial charge in [0.1, 0.15) is 11.9 Å². The van der Waals surface area contributed by atoms with Crippen LogP contribution in [0.3, 0.4) is 0 Å². The van der Waals surface area contributed by atoms with Crippen LogP contribution in [0.4, 0.5) is 10.1 Å². The zero-order chi connectivity index (χ0) is 17.1. The van der Waals surface area contributed by atoms with Gasteiger partial charge in [0.05, 0.1) is 18.9 Å². The molecule has 3 rings (SSSR count). The highest BCUT2D eigenvalue weighted by Gasteiger charge is 2.38. The minimum Gasteiger partial charge on any atom is -0.378 e. The summed E-state index contributed by atoms with van der Waals surface area (Å²) in [4.78, 5) is 28.0. The predicted octanol–water partition coefficient (Wildman–Crippen LogP) is 0.768. The third-order valence-electron chi connectivity index (χ3n) is 4.60. The molecule has 1 aromatic carbocycles. The third-order valence-corrected chi connectivity index (χ3v) is 4.60. The zero-order valence-corrected chi connectivity index (χ0v) is 13.7. The number of carbonyl (C=O) groups excluding carboxylic acids is 2. The minimum atomic E-state index is -0.540. The summed E-state index contributed by atoms with van der Waals surface area (Å²) >= 11 is 0. The number of nitrogens with zero attached hydrogens (tertiary/aromatic N) is 2. The SMILES string of the molecule is CN(C(=O)CC1COCCN1)C1CCN(c2ccccc2F)C1=O. The molecule has 2 aliphatic heterocycles. The van der Waals surface area contributed by atoms with Gasteiger partial charge in [0.25, 0.3) is 0 Å². The lowest BCUT2D eigenvalue weighted by atomic mass is 10.1. The van der Waals surface area contributed by atoms with E-state index in [4.69, 9.17) is 4.74 Å². The molecule has 130 valence electrons. The lowest BCUT2D eigenvalue weighted by Gasteiger charge is -2.28. The molecule has 1 aromatic rings. The molecule has 0 radical (unpaired) electrons. The Labute approximate surface area is 140 Å². The largest absolute Gasteiger partial charge is 0.378 e. The monoisotopic (exact) mass is 335 g/mol. The Bertz CT molecular complexity index is 619. The van der Waals surface area contributed by atoms with Gasteiger partial charge in [-0.1, -0.05) is 12.1 Å². The molecule has 0 saturated carbocycles. The quantitative estimate of drug-likeness (QED) is 0.883. The molecule has 7 heteroatoms. The Morgan fingerprint density at radius 1 is 1.46 bits per heavy atom. The molecule has 2 fully saturated rings. The molecular formula is C17H22FN3O3. The summed E-state index contributed by atoms with van der Waals surface area (Å²) in [5.74, 6) is -0.764. The molecule has 2 unspecified atom stereocenters. The predicted molar refractivity (Wildman–Crippen MR) is 87.2 cm³/mol. The second-order valence-electron chi connectivity index (χ2n) is 6.18. The Balaban J connectivity index is 1.63. The van der Waals surface area contributed by atoms with Crippen molar-refractivity contribution in [3.05, 3.63) is 30.1 Å². The van der Waals surface area contributed by atoms with E-state index in [0.29, 0.717) is 32.6 Å². The number of hydrogen-bond donors (Lipinski definition) is 1. The van der Waals surface area contributed by atoms with Crippen molar-refractivity contribution in [3.8, 4) is 0 Å². The summed E-state index contributed by atoms with van der Waals surface area (Å²) in [6.45, 7) is 2.29. The summed E-state index contributed by atoms with van der Waals surface area (Å²) in [7, 11) is 1.64. The van der Waals surface area contributed by atoms with Crippen molar-refractivity contribution in [2.24, 2.45) is 0 Å². The van der Waals surface area contributed by atoms with Crippen LogP contribution < -0.4 is 10.2 Å². The topological polar surface area (TPSA) is 61.9 Å². The van der Waals surface area contributed by atoms with E-state index in [1.807, 2.05) is 0 Å². The second kappa shape index (κ2) is 7.27. The molecule has 2 saturated heterocycles. The van der Waals surface area contributed by atoms with Crippen molar-refractivity contribution in [3.63, 3.8) is 0 Å². The van der Waals surface area contributed by atoms with Gasteiger partial charge in [-0.15, -0.1) is 0 Å². The van der Waals surface area contributed by atoms with Crippen LogP contribution in [0.1, 0.15) is 12.8 Å². The van der Waals surface area contributed by atoms with Gasteiger partial charge in [-0.25, -0.2) is 4.39 Å². The summed E-state index contributed by atoms with van der Waals surface area (Å²) in [6, 6.07) is 5.64. The second-order valence-corrected chi connectivity index (χ2v) is 6.18. The fourth-order valence-corrected chi connectivity index (χ4v) is 3.21. The number of nitrogens with one attached hydrogen (secondary N) is 1. The summed E-state index contributed by atoms with van der Waals surface area (Å²) in [6.07, 6.45) is 0.796. The number of likely N-dealkylation sites (N-methyl/N-ethyl adjacent to an activating group) is 1. The lowest BCUT2D eigenvalue weighted by Crippen LogP contribution is -2.48. The maximum Gasteiger partial charge on any atom is 0.249 e. The van der Waals surface area contributed by atoms with E-state index in [-0.39, 0.29) is 23.5 Å². The Morgan fingerprint density at radius 3 is 2.96 bits per heavy atom. The van der Waals surface area contributed by atoms with Crippen LogP contribution in [-0.2, 0) is 14.3 Å². The molecule has 2 heterocycles. The molecule has 6 nitrogen and oxygen atoms in total. The van der Waals surface area contributed by atoms with Gasteiger partial charge >= 0.3 is 0 Å². The van der Waals surface area contributed by atoms with Crippen LogP contribution >= 0.6 is 0 Å². The first-order chi connectivity index (χ1) is 11.6. The number of carbonyl (C=O) groups is 2. The van der Waals surface area contributed by atoms with Gasteiger partial charge in [0.2, 0.25) is 11.8 Å². The molecule has 1 N–H and O–H groups in total. The van der Waals surface area contributed by atoms with Gasteiger partial charge in [0.15, 0.2) is 0 Å². The highest BCUT2D eigenvalue weighted by molar-refractivity contribution is 6.01. The molecule has 2 atom stereocenters. The number of para-hydroxylation sites is 1. The normalized spacial score (nSPS) is 24.2. The molecule has 2 aliphatic rings. The molecule has 0 spiro atoms. The number of rotatable bonds is 4. The van der Waals surface area contributed by atoms with Crippen LogP contribution in [0.5, 0.6) is 0 Å². The van der Waals surface area contributed by atoms with Crippen LogP contribution in [-0.4, -0.2) is 62.1 Å². The van der Waals surface area contributed by atoms with Gasteiger partial charge in [-0.3, -0.25) is 9.59 Å². The maximum absolute atomic E-state index is 13.9. The van der Waals surface area contributed by atoms with Crippen molar-refractivity contribution < 1.29 is 18.7 Å². The van der Waals surface area contributed by atoms with E-state index in [2.05, 4.69) is 5.32 Å². The number of ether oxygens (including phenoxy) is 1. The fourth-order valence-electron chi connectivity index (χ4n) is 3.21. The van der Waals surface area contributed by atoms with Crippen LogP contribution in [0.2, 0.25) is 0 Å². The van der Waals surface area contributed by atoms with Crippen molar-refractivity contribution >= 4 is 17.5 Å². The number of morpholine rings is 1. The van der Waals surface area contributed by atoms with Gasteiger partial charge in [0, 0.05) is 32.6 Å². The van der Waals surface area contributed by atoms with Crippen LogP contribution in [0.15, 0.2) is 24.3 Å². The smallest absolute Gasteiger partial charge is 0.249 e. The maximum atomic E-state index is 13.9. The molecular weight excluding hydrogens is 313 g/mol. The van der Waals surface area contributed by atoms with E-state index in [0.717, 1.165) is 6.54 Å².